The average molecular weight is 114 g/mol. The zero-order chi connectivity index (χ0) is 3.41. The summed E-state index contributed by atoms with van der Waals surface area (Å²) in [4.78, 5) is 0. The zero-order valence-electron chi connectivity index (χ0n) is 2.26. The van der Waals surface area contributed by atoms with Crippen LogP contribution in [-0.4, -0.2) is 7.11 Å². The third-order valence-corrected chi connectivity index (χ3v) is 0.922. The molecule has 0 amide bonds. The van der Waals surface area contributed by atoms with E-state index in [9.17, 15) is 0 Å². The van der Waals surface area contributed by atoms with Crippen LogP contribution < -0.4 is 0 Å². The molecule has 0 aliphatic heterocycles. The van der Waals surface area contributed by atoms with E-state index in [1.165, 1.54) is 0 Å². The number of hydrogen-bond acceptors (Lipinski definition) is 1. The van der Waals surface area contributed by atoms with Crippen molar-refractivity contribution in [2.75, 3.05) is 7.11 Å². The molecule has 0 spiro atoms. The summed E-state index contributed by atoms with van der Waals surface area (Å²) in [5.74, 6) is 0. The summed E-state index contributed by atoms with van der Waals surface area (Å²) in [6.45, 7) is 0. The molecule has 0 atom stereocenters. The molecule has 3 heteroatoms. The first-order valence-electron chi connectivity index (χ1n) is 0.773. The minimum absolute atomic E-state index is 0.873. The molecule has 0 aromatic rings. The van der Waals surface area contributed by atoms with E-state index in [1.54, 1.807) is 7.11 Å². The van der Waals surface area contributed by atoms with Crippen molar-refractivity contribution < 1.29 is 19.9 Å². The summed E-state index contributed by atoms with van der Waals surface area (Å²) in [5, 5.41) is 0. The van der Waals surface area contributed by atoms with Crippen LogP contribution in [0.4, 0.5) is 0 Å². The molecule has 0 N–H and O–H groups in total. The summed E-state index contributed by atoms with van der Waals surface area (Å²) in [5.41, 5.74) is 0. The molecular formula is CH3CrOP. The molecule has 0 radical (unpaired) electrons. The molecule has 1 nitrogen and oxygen atoms in total. The third kappa shape index (κ3) is 2.79. The standard InChI is InChI=1S/CH3OP.Cr/c1-2-3;/h1H3;. The van der Waals surface area contributed by atoms with Crippen molar-refractivity contribution in [3.05, 3.63) is 0 Å². The Balaban J connectivity index is 2.30. The van der Waals surface area contributed by atoms with Crippen molar-refractivity contribution >= 4 is 7.01 Å². The second-order valence-corrected chi connectivity index (χ2v) is 1.47. The topological polar surface area (TPSA) is 9.23 Å². The average Bonchev–Trinajstić information content (AvgIpc) is 1.37. The normalized spacial score (nSPS) is 8.25. The molecular weight excluding hydrogens is 111 g/mol. The Morgan fingerprint density at radius 2 is 2.25 bits per heavy atom. The van der Waals surface area contributed by atoms with Gasteiger partial charge in [0.2, 0.25) is 0 Å². The molecule has 24 valence electrons. The van der Waals surface area contributed by atoms with E-state index in [0.717, 1.165) is 7.01 Å². The Kier molecular flexibility index (Phi) is 4.54. The third-order valence-electron chi connectivity index (χ3n) is 0.0745. The summed E-state index contributed by atoms with van der Waals surface area (Å²) in [6, 6.07) is 0. The second kappa shape index (κ2) is 3.79. The Labute approximate surface area is 34.7 Å². The van der Waals surface area contributed by atoms with Gasteiger partial charge in [0.05, 0.1) is 0 Å². The van der Waals surface area contributed by atoms with Crippen LogP contribution in [0.15, 0.2) is 0 Å². The van der Waals surface area contributed by atoms with Crippen LogP contribution in [0.3, 0.4) is 0 Å². The van der Waals surface area contributed by atoms with Crippen LogP contribution in [0.25, 0.3) is 0 Å². The molecule has 0 bridgehead atoms. The van der Waals surface area contributed by atoms with E-state index in [4.69, 9.17) is 0 Å². The van der Waals surface area contributed by atoms with Gasteiger partial charge in [-0.25, -0.2) is 0 Å². The van der Waals surface area contributed by atoms with Crippen LogP contribution in [-0.2, 0) is 19.9 Å². The molecule has 0 aliphatic rings. The molecule has 0 saturated heterocycles. The van der Waals surface area contributed by atoms with Crippen LogP contribution in [0.2, 0.25) is 0 Å². The maximum atomic E-state index is 4.46. The SMILES string of the molecule is CO[P]=[Cr]. The van der Waals surface area contributed by atoms with Crippen molar-refractivity contribution in [2.45, 2.75) is 0 Å². The van der Waals surface area contributed by atoms with Crippen LogP contribution >= 0.6 is 7.01 Å². The van der Waals surface area contributed by atoms with Gasteiger partial charge in [0.15, 0.2) is 0 Å². The predicted molar refractivity (Wildman–Crippen MR) is 13.9 cm³/mol. The van der Waals surface area contributed by atoms with E-state index in [0.29, 0.717) is 0 Å². The molecule has 0 aromatic carbocycles. The molecule has 0 unspecified atom stereocenters. The van der Waals surface area contributed by atoms with Crippen LogP contribution in [0.1, 0.15) is 0 Å². The van der Waals surface area contributed by atoms with Gasteiger partial charge in [-0.3, -0.25) is 0 Å². The Hall–Kier alpha value is 0.792. The fourth-order valence-corrected chi connectivity index (χ4v) is 0. The van der Waals surface area contributed by atoms with Crippen molar-refractivity contribution in [2.24, 2.45) is 0 Å². The Morgan fingerprint density at radius 3 is 2.25 bits per heavy atom. The fraction of sp³-hybridized carbons (Fsp3) is 1.00. The molecule has 0 aliphatic carbocycles. The van der Waals surface area contributed by atoms with Crippen LogP contribution in [0, 0.1) is 0 Å². The molecule has 0 fully saturated rings. The van der Waals surface area contributed by atoms with Gasteiger partial charge < -0.3 is 0 Å². The second-order valence-electron chi connectivity index (χ2n) is 0.257. The first-order valence-corrected chi connectivity index (χ1v) is 3.21. The molecule has 0 saturated carbocycles. The molecule has 0 aromatic heterocycles. The maximum absolute atomic E-state index is 4.46. The first kappa shape index (κ1) is 4.79. The van der Waals surface area contributed by atoms with E-state index in [2.05, 4.69) is 19.9 Å². The van der Waals surface area contributed by atoms with Gasteiger partial charge in [-0.1, -0.05) is 0 Å². The van der Waals surface area contributed by atoms with Crippen molar-refractivity contribution in [1.82, 2.24) is 0 Å². The van der Waals surface area contributed by atoms with Gasteiger partial charge in [-0.15, -0.1) is 0 Å². The van der Waals surface area contributed by atoms with Gasteiger partial charge in [-0.05, 0) is 0 Å². The molecule has 0 heterocycles. The number of rotatable bonds is 1. The summed E-state index contributed by atoms with van der Waals surface area (Å²) in [6.07, 6.45) is 0. The first-order chi connectivity index (χ1) is 1.91. The summed E-state index contributed by atoms with van der Waals surface area (Å²) < 4.78 is 4.46. The van der Waals surface area contributed by atoms with Crippen LogP contribution in [0.5, 0.6) is 0 Å². The van der Waals surface area contributed by atoms with Gasteiger partial charge in [0.25, 0.3) is 0 Å². The fourth-order valence-electron chi connectivity index (χ4n) is 0. The number of hydrogen-bond donors (Lipinski definition) is 0. The predicted octanol–water partition coefficient (Wildman–Crippen LogP) is 0.956. The minimum atomic E-state index is 0.873. The Morgan fingerprint density at radius 1 is 2.00 bits per heavy atom. The quantitative estimate of drug-likeness (QED) is 0.461. The van der Waals surface area contributed by atoms with E-state index < -0.39 is 0 Å². The van der Waals surface area contributed by atoms with Gasteiger partial charge in [0.1, 0.15) is 0 Å². The van der Waals surface area contributed by atoms with Crippen molar-refractivity contribution in [3.63, 3.8) is 0 Å². The summed E-state index contributed by atoms with van der Waals surface area (Å²) in [7, 11) is 2.51. The van der Waals surface area contributed by atoms with E-state index in [-0.39, 0.29) is 0 Å². The monoisotopic (exact) mass is 114 g/mol. The summed E-state index contributed by atoms with van der Waals surface area (Å²) >= 11 is 2.64. The van der Waals surface area contributed by atoms with Gasteiger partial charge in [-0.2, -0.15) is 0 Å². The van der Waals surface area contributed by atoms with Gasteiger partial charge >= 0.3 is 34.0 Å². The zero-order valence-corrected chi connectivity index (χ0v) is 4.43. The molecule has 4 heavy (non-hydrogen) atoms. The van der Waals surface area contributed by atoms with E-state index in [1.807, 2.05) is 0 Å². The van der Waals surface area contributed by atoms with Crippen molar-refractivity contribution in [3.8, 4) is 0 Å². The van der Waals surface area contributed by atoms with E-state index >= 15 is 0 Å². The Bertz CT molecular complexity index is 22.0. The molecule has 0 rings (SSSR count). The van der Waals surface area contributed by atoms with Gasteiger partial charge in [0, 0.05) is 0 Å². The van der Waals surface area contributed by atoms with Crippen molar-refractivity contribution in [1.29, 1.82) is 0 Å².